The molecule has 0 spiro atoms. The molecule has 3 rings (SSSR count). The zero-order chi connectivity index (χ0) is 24.4. The van der Waals surface area contributed by atoms with Gasteiger partial charge >= 0.3 is 18.1 Å². The number of nitrogens with one attached hydrogen (secondary N) is 2. The summed E-state index contributed by atoms with van der Waals surface area (Å²) in [5.74, 6) is -4.76. The lowest BCUT2D eigenvalue weighted by Crippen LogP contribution is -2.28. The summed E-state index contributed by atoms with van der Waals surface area (Å²) >= 11 is 0. The zero-order valence-corrected chi connectivity index (χ0v) is 17.5. The van der Waals surface area contributed by atoms with Gasteiger partial charge in [0.1, 0.15) is 5.25 Å². The smallest absolute Gasteiger partial charge is 0.481 e. The summed E-state index contributed by atoms with van der Waals surface area (Å²) in [5, 5.41) is 10.7. The van der Waals surface area contributed by atoms with E-state index < -0.39 is 51.5 Å². The summed E-state index contributed by atoms with van der Waals surface area (Å²) in [4.78, 5) is 33.5. The molecule has 0 saturated carbocycles. The molecular formula is C20H17F3N2O7S. The van der Waals surface area contributed by atoms with Gasteiger partial charge in [-0.15, -0.1) is 0 Å². The number of esters is 1. The molecule has 33 heavy (non-hydrogen) atoms. The number of aliphatic carboxylic acids is 1. The summed E-state index contributed by atoms with van der Waals surface area (Å²) < 4.78 is 68.1. The molecule has 0 aromatic heterocycles. The van der Waals surface area contributed by atoms with Crippen LogP contribution >= 0.6 is 0 Å². The van der Waals surface area contributed by atoms with Gasteiger partial charge in [0.05, 0.1) is 18.5 Å². The minimum Gasteiger partial charge on any atom is -0.481 e. The van der Waals surface area contributed by atoms with Crippen molar-refractivity contribution in [3.63, 3.8) is 0 Å². The lowest BCUT2D eigenvalue weighted by Gasteiger charge is -2.15. The Kier molecular flexibility index (Phi) is 6.63. The first kappa shape index (κ1) is 24.0. The monoisotopic (exact) mass is 486 g/mol. The largest absolute Gasteiger partial charge is 0.491 e. The normalized spacial score (nSPS) is 17.3. The Hall–Kier alpha value is -3.61. The maximum Gasteiger partial charge on any atom is 0.491 e. The van der Waals surface area contributed by atoms with Crippen LogP contribution in [0.3, 0.4) is 0 Å². The molecule has 1 unspecified atom stereocenters. The number of halogens is 3. The number of carboxylic acid groups (broad SMARTS) is 1. The number of ether oxygens (including phenoxy) is 1. The van der Waals surface area contributed by atoms with Crippen molar-refractivity contribution >= 4 is 33.6 Å². The van der Waals surface area contributed by atoms with Gasteiger partial charge in [-0.2, -0.15) is 13.2 Å². The molecule has 1 saturated heterocycles. The predicted octanol–water partition coefficient (Wildman–Crippen LogP) is 2.28. The zero-order valence-electron chi connectivity index (χ0n) is 16.7. The highest BCUT2D eigenvalue weighted by Crippen LogP contribution is 2.31. The average molecular weight is 486 g/mol. The minimum atomic E-state index is -5.24. The van der Waals surface area contributed by atoms with Crippen LogP contribution in [0.2, 0.25) is 0 Å². The molecule has 1 aliphatic heterocycles. The number of alkyl halides is 3. The van der Waals surface area contributed by atoms with E-state index in [-0.39, 0.29) is 24.2 Å². The van der Waals surface area contributed by atoms with Gasteiger partial charge in [-0.25, -0.2) is 13.2 Å². The van der Waals surface area contributed by atoms with Crippen LogP contribution in [0, 0.1) is 0 Å². The number of carboxylic acids is 1. The number of carbonyl (C=O) groups excluding carboxylic acids is 2. The second-order valence-corrected chi connectivity index (χ2v) is 9.01. The molecule has 1 aliphatic rings. The van der Waals surface area contributed by atoms with E-state index in [9.17, 15) is 36.0 Å². The second kappa shape index (κ2) is 9.10. The van der Waals surface area contributed by atoms with E-state index >= 15 is 0 Å². The third-order valence-electron chi connectivity index (χ3n) is 4.67. The number of anilines is 1. The highest BCUT2D eigenvalue weighted by atomic mass is 32.2. The number of hydrogen-bond donors (Lipinski definition) is 3. The van der Waals surface area contributed by atoms with E-state index in [1.807, 2.05) is 4.72 Å². The molecule has 0 bridgehead atoms. The number of sulfonamides is 1. The van der Waals surface area contributed by atoms with Crippen molar-refractivity contribution in [3.05, 3.63) is 59.2 Å². The molecule has 2 aromatic carbocycles. The third-order valence-corrected chi connectivity index (χ3v) is 6.37. The molecule has 9 nitrogen and oxygen atoms in total. The van der Waals surface area contributed by atoms with Crippen molar-refractivity contribution in [2.45, 2.75) is 30.8 Å². The predicted molar refractivity (Wildman–Crippen MR) is 108 cm³/mol. The first-order valence-electron chi connectivity index (χ1n) is 9.36. The summed E-state index contributed by atoms with van der Waals surface area (Å²) in [5.41, 5.74) is 1.15. The maximum absolute atomic E-state index is 12.6. The van der Waals surface area contributed by atoms with Gasteiger partial charge in [0.15, 0.2) is 5.75 Å². The molecule has 3 N–H and O–H groups in total. The highest BCUT2D eigenvalue weighted by Gasteiger charge is 2.42. The van der Waals surface area contributed by atoms with Crippen molar-refractivity contribution in [1.29, 1.82) is 0 Å². The van der Waals surface area contributed by atoms with Crippen molar-refractivity contribution in [1.82, 2.24) is 4.72 Å². The molecule has 1 heterocycles. The van der Waals surface area contributed by atoms with Crippen LogP contribution in [0.15, 0.2) is 42.5 Å². The van der Waals surface area contributed by atoms with Crippen LogP contribution in [0.25, 0.3) is 0 Å². The fraction of sp³-hybridized carbons (Fsp3) is 0.250. The topological polar surface area (TPSA) is 139 Å². The standard InChI is InChI=1S/C20H17F3N2O7S/c21-20(22,23)19(29)32-15-7-12(8-18(27)28)3-6-14(15)24-10-11-1-4-13(5-2-11)16-9-17(26)25-33(16,30)31/h1-7,16,24H,8-10H2,(H,25,26)(H,27,28). The number of hydrogen-bond acceptors (Lipinski definition) is 7. The molecule has 13 heteroatoms. The molecule has 0 aliphatic carbocycles. The average Bonchev–Trinajstić information content (AvgIpc) is 2.98. The molecule has 0 radical (unpaired) electrons. The van der Waals surface area contributed by atoms with E-state index in [4.69, 9.17) is 5.11 Å². The van der Waals surface area contributed by atoms with Crippen LogP contribution in [0.1, 0.15) is 28.4 Å². The van der Waals surface area contributed by atoms with Crippen LogP contribution in [0.4, 0.5) is 18.9 Å². The number of rotatable bonds is 7. The Bertz CT molecular complexity index is 1200. The fourth-order valence-electron chi connectivity index (χ4n) is 3.13. The van der Waals surface area contributed by atoms with Crippen LogP contribution in [-0.4, -0.2) is 37.5 Å². The molecule has 1 amide bonds. The highest BCUT2D eigenvalue weighted by molar-refractivity contribution is 7.90. The summed E-state index contributed by atoms with van der Waals surface area (Å²) in [7, 11) is -3.80. The van der Waals surface area contributed by atoms with Gasteiger partial charge in [-0.3, -0.25) is 14.3 Å². The summed E-state index contributed by atoms with van der Waals surface area (Å²) in [6, 6.07) is 9.84. The SMILES string of the molecule is O=C(O)Cc1ccc(NCc2ccc(C3CC(=O)NS3(=O)=O)cc2)c(OC(=O)C(F)(F)F)c1. The van der Waals surface area contributed by atoms with Crippen LogP contribution in [-0.2, 0) is 37.4 Å². The minimum absolute atomic E-state index is 0.0129. The van der Waals surface area contributed by atoms with Crippen molar-refractivity contribution in [2.75, 3.05) is 5.32 Å². The van der Waals surface area contributed by atoms with E-state index in [0.717, 1.165) is 6.07 Å². The van der Waals surface area contributed by atoms with E-state index in [1.165, 1.54) is 24.3 Å². The Balaban J connectivity index is 1.76. The van der Waals surface area contributed by atoms with Gasteiger partial charge in [-0.1, -0.05) is 30.3 Å². The van der Waals surface area contributed by atoms with Crippen LogP contribution in [0.5, 0.6) is 5.75 Å². The van der Waals surface area contributed by atoms with Crippen molar-refractivity contribution < 1.29 is 45.8 Å². The van der Waals surface area contributed by atoms with Gasteiger partial charge < -0.3 is 15.2 Å². The van der Waals surface area contributed by atoms with Crippen molar-refractivity contribution in [3.8, 4) is 5.75 Å². The number of benzene rings is 2. The number of carbonyl (C=O) groups is 3. The van der Waals surface area contributed by atoms with E-state index in [1.54, 1.807) is 12.1 Å². The van der Waals surface area contributed by atoms with Gasteiger partial charge in [0.2, 0.25) is 15.9 Å². The van der Waals surface area contributed by atoms with Gasteiger partial charge in [0, 0.05) is 6.54 Å². The molecule has 176 valence electrons. The molecule has 1 atom stereocenters. The van der Waals surface area contributed by atoms with Gasteiger partial charge in [-0.05, 0) is 28.8 Å². The van der Waals surface area contributed by atoms with E-state index in [0.29, 0.717) is 11.1 Å². The Labute approximate surface area is 185 Å². The van der Waals surface area contributed by atoms with Crippen LogP contribution < -0.4 is 14.8 Å². The Morgan fingerprint density at radius 3 is 2.30 bits per heavy atom. The third kappa shape index (κ3) is 6.00. The maximum atomic E-state index is 12.6. The Morgan fingerprint density at radius 2 is 1.76 bits per heavy atom. The first-order chi connectivity index (χ1) is 15.3. The quantitative estimate of drug-likeness (QED) is 0.400. The van der Waals surface area contributed by atoms with E-state index in [2.05, 4.69) is 10.1 Å². The molecule has 2 aromatic rings. The molecule has 1 fully saturated rings. The first-order valence-corrected chi connectivity index (χ1v) is 10.9. The Morgan fingerprint density at radius 1 is 1.12 bits per heavy atom. The molecular weight excluding hydrogens is 469 g/mol. The van der Waals surface area contributed by atoms with Gasteiger partial charge in [0.25, 0.3) is 0 Å². The second-order valence-electron chi connectivity index (χ2n) is 7.15. The number of amides is 1. The lowest BCUT2D eigenvalue weighted by atomic mass is 10.1. The van der Waals surface area contributed by atoms with Crippen molar-refractivity contribution in [2.24, 2.45) is 0 Å². The summed E-state index contributed by atoms with van der Waals surface area (Å²) in [6.07, 6.45) is -5.93. The lowest BCUT2D eigenvalue weighted by molar-refractivity contribution is -0.189. The fourth-order valence-corrected chi connectivity index (χ4v) is 4.56. The summed E-state index contributed by atoms with van der Waals surface area (Å²) in [6.45, 7) is 0.0592.